The number of halogens is 1. The molecule has 0 spiro atoms. The van der Waals surface area contributed by atoms with Crippen LogP contribution in [0.5, 0.6) is 5.75 Å². The first-order valence-corrected chi connectivity index (χ1v) is 9.25. The van der Waals surface area contributed by atoms with E-state index >= 15 is 0 Å². The molecule has 1 saturated heterocycles. The minimum absolute atomic E-state index is 0.00854. The van der Waals surface area contributed by atoms with Crippen LogP contribution in [0.25, 0.3) is 5.76 Å². The average molecular weight is 383 g/mol. The molecule has 0 radical (unpaired) electrons. The van der Waals surface area contributed by atoms with E-state index in [9.17, 15) is 19.1 Å². The zero-order chi connectivity index (χ0) is 20.3. The molecule has 1 amide bonds. The molecule has 2 aromatic carbocycles. The Balaban J connectivity index is 2.10. The van der Waals surface area contributed by atoms with Crippen molar-refractivity contribution in [3.05, 3.63) is 71.0 Å². The van der Waals surface area contributed by atoms with Crippen LogP contribution in [-0.4, -0.2) is 34.8 Å². The molecule has 0 aliphatic carbocycles. The molecule has 0 saturated carbocycles. The topological polar surface area (TPSA) is 66.8 Å². The van der Waals surface area contributed by atoms with Crippen molar-refractivity contribution < 1.29 is 23.8 Å². The van der Waals surface area contributed by atoms with Crippen LogP contribution < -0.4 is 4.74 Å². The lowest BCUT2D eigenvalue weighted by Crippen LogP contribution is -2.30. The summed E-state index contributed by atoms with van der Waals surface area (Å²) in [6.07, 6.45) is 0.647. The smallest absolute Gasteiger partial charge is 0.295 e. The molecule has 1 aliphatic heterocycles. The lowest BCUT2D eigenvalue weighted by molar-refractivity contribution is -0.139. The van der Waals surface area contributed by atoms with Gasteiger partial charge in [-0.05, 0) is 55.3 Å². The fourth-order valence-electron chi connectivity index (χ4n) is 3.37. The van der Waals surface area contributed by atoms with E-state index in [0.29, 0.717) is 36.4 Å². The zero-order valence-corrected chi connectivity index (χ0v) is 15.8. The van der Waals surface area contributed by atoms with E-state index in [-0.39, 0.29) is 11.3 Å². The summed E-state index contributed by atoms with van der Waals surface area (Å²) in [7, 11) is 0. The number of aliphatic hydroxyl groups excluding tert-OH is 1. The molecule has 1 atom stereocenters. The Bertz CT molecular complexity index is 903. The Morgan fingerprint density at radius 2 is 1.71 bits per heavy atom. The first-order valence-electron chi connectivity index (χ1n) is 9.25. The third-order valence-corrected chi connectivity index (χ3v) is 4.63. The van der Waals surface area contributed by atoms with Crippen LogP contribution in [0.3, 0.4) is 0 Å². The Morgan fingerprint density at radius 3 is 2.29 bits per heavy atom. The highest BCUT2D eigenvalue weighted by Crippen LogP contribution is 2.39. The van der Waals surface area contributed by atoms with Crippen LogP contribution in [0.4, 0.5) is 4.39 Å². The van der Waals surface area contributed by atoms with E-state index in [1.807, 2.05) is 13.8 Å². The Hall–Kier alpha value is -3.15. The number of likely N-dealkylation sites (tertiary alicyclic amines) is 1. The van der Waals surface area contributed by atoms with Gasteiger partial charge in [0, 0.05) is 12.1 Å². The van der Waals surface area contributed by atoms with E-state index in [0.717, 1.165) is 0 Å². The highest BCUT2D eigenvalue weighted by molar-refractivity contribution is 6.46. The van der Waals surface area contributed by atoms with Gasteiger partial charge >= 0.3 is 0 Å². The largest absolute Gasteiger partial charge is 0.507 e. The van der Waals surface area contributed by atoms with Crippen molar-refractivity contribution in [2.24, 2.45) is 0 Å². The van der Waals surface area contributed by atoms with Crippen molar-refractivity contribution in [2.75, 3.05) is 13.2 Å². The van der Waals surface area contributed by atoms with Gasteiger partial charge in [0.2, 0.25) is 0 Å². The summed E-state index contributed by atoms with van der Waals surface area (Å²) in [5.74, 6) is -1.43. The predicted octanol–water partition coefficient (Wildman–Crippen LogP) is 4.06. The molecule has 1 heterocycles. The third kappa shape index (κ3) is 3.63. The van der Waals surface area contributed by atoms with Crippen molar-refractivity contribution in [1.82, 2.24) is 4.90 Å². The Labute approximate surface area is 163 Å². The van der Waals surface area contributed by atoms with Gasteiger partial charge in [0.15, 0.2) is 0 Å². The second kappa shape index (κ2) is 8.25. The first-order chi connectivity index (χ1) is 13.5. The number of rotatable bonds is 6. The molecule has 146 valence electrons. The number of nitrogens with zero attached hydrogens (tertiary/aromatic N) is 1. The third-order valence-electron chi connectivity index (χ3n) is 4.63. The highest BCUT2D eigenvalue weighted by atomic mass is 19.1. The molecule has 28 heavy (non-hydrogen) atoms. The minimum atomic E-state index is -0.757. The maximum absolute atomic E-state index is 13.4. The van der Waals surface area contributed by atoms with E-state index in [1.165, 1.54) is 29.2 Å². The summed E-state index contributed by atoms with van der Waals surface area (Å²) in [6, 6.07) is 11.5. The molecule has 1 N–H and O–H groups in total. The molecule has 1 fully saturated rings. The number of aliphatic hydroxyl groups is 1. The number of hydrogen-bond acceptors (Lipinski definition) is 4. The summed E-state index contributed by atoms with van der Waals surface area (Å²) in [5.41, 5.74) is 0.987. The molecular formula is C22H22FNO4. The summed E-state index contributed by atoms with van der Waals surface area (Å²) < 4.78 is 18.8. The van der Waals surface area contributed by atoms with Gasteiger partial charge in [-0.2, -0.15) is 0 Å². The standard InChI is InChI=1S/C22H22FNO4/c1-3-13-24-19(14-5-9-16(23)10-6-14)18(21(26)22(24)27)20(25)15-7-11-17(12-8-15)28-4-2/h5-12,19,25H,3-4,13H2,1-2H3/b20-18-. The molecule has 0 bridgehead atoms. The zero-order valence-electron chi connectivity index (χ0n) is 15.8. The SMILES string of the molecule is CCCN1C(=O)C(=O)/C(=C(\O)c2ccc(OCC)cc2)C1c1ccc(F)cc1. The lowest BCUT2D eigenvalue weighted by atomic mass is 9.95. The minimum Gasteiger partial charge on any atom is -0.507 e. The van der Waals surface area contributed by atoms with Crippen LogP contribution in [0.2, 0.25) is 0 Å². The molecule has 1 aliphatic rings. The van der Waals surface area contributed by atoms with Crippen molar-refractivity contribution in [3.63, 3.8) is 0 Å². The van der Waals surface area contributed by atoms with Gasteiger partial charge in [-0.25, -0.2) is 4.39 Å². The van der Waals surface area contributed by atoms with Crippen LogP contribution in [0, 0.1) is 5.82 Å². The quantitative estimate of drug-likeness (QED) is 0.464. The molecule has 3 rings (SSSR count). The second-order valence-electron chi connectivity index (χ2n) is 6.50. The monoisotopic (exact) mass is 383 g/mol. The van der Waals surface area contributed by atoms with E-state index in [2.05, 4.69) is 0 Å². The van der Waals surface area contributed by atoms with Gasteiger partial charge in [0.1, 0.15) is 17.3 Å². The van der Waals surface area contributed by atoms with E-state index in [1.54, 1.807) is 24.3 Å². The van der Waals surface area contributed by atoms with Gasteiger partial charge in [-0.1, -0.05) is 19.1 Å². The summed E-state index contributed by atoms with van der Waals surface area (Å²) >= 11 is 0. The predicted molar refractivity (Wildman–Crippen MR) is 103 cm³/mol. The van der Waals surface area contributed by atoms with Crippen LogP contribution in [0.15, 0.2) is 54.1 Å². The average Bonchev–Trinajstić information content (AvgIpc) is 2.94. The molecule has 2 aromatic rings. The van der Waals surface area contributed by atoms with Crippen molar-refractivity contribution in [1.29, 1.82) is 0 Å². The van der Waals surface area contributed by atoms with Crippen LogP contribution >= 0.6 is 0 Å². The van der Waals surface area contributed by atoms with Gasteiger partial charge in [-0.3, -0.25) is 9.59 Å². The van der Waals surface area contributed by atoms with Gasteiger partial charge in [0.05, 0.1) is 18.2 Å². The molecule has 0 aromatic heterocycles. The van der Waals surface area contributed by atoms with Gasteiger partial charge in [-0.15, -0.1) is 0 Å². The Kier molecular flexibility index (Phi) is 5.78. The van der Waals surface area contributed by atoms with Crippen LogP contribution in [0.1, 0.15) is 37.4 Å². The van der Waals surface area contributed by atoms with Crippen molar-refractivity contribution in [3.8, 4) is 5.75 Å². The van der Waals surface area contributed by atoms with Crippen molar-refractivity contribution >= 4 is 17.4 Å². The molecule has 5 nitrogen and oxygen atoms in total. The van der Waals surface area contributed by atoms with Gasteiger partial charge < -0.3 is 14.7 Å². The number of carbonyl (C=O) groups excluding carboxylic acids is 2. The number of ketones is 1. The number of ether oxygens (including phenoxy) is 1. The summed E-state index contributed by atoms with van der Waals surface area (Å²) in [5, 5.41) is 10.9. The maximum Gasteiger partial charge on any atom is 0.295 e. The maximum atomic E-state index is 13.4. The summed E-state index contributed by atoms with van der Waals surface area (Å²) in [4.78, 5) is 26.7. The Morgan fingerprint density at radius 1 is 1.07 bits per heavy atom. The molecular weight excluding hydrogens is 361 g/mol. The molecule has 1 unspecified atom stereocenters. The van der Waals surface area contributed by atoms with Gasteiger partial charge in [0.25, 0.3) is 11.7 Å². The van der Waals surface area contributed by atoms with Crippen molar-refractivity contribution in [2.45, 2.75) is 26.3 Å². The summed E-state index contributed by atoms with van der Waals surface area (Å²) in [6.45, 7) is 4.63. The number of Topliss-reactive ketones (excluding diaryl/α,β-unsaturated/α-hetero) is 1. The number of benzene rings is 2. The van der Waals surface area contributed by atoms with E-state index in [4.69, 9.17) is 4.74 Å². The molecule has 6 heteroatoms. The fraction of sp³-hybridized carbons (Fsp3) is 0.273. The number of hydrogen-bond donors (Lipinski definition) is 1. The second-order valence-corrected chi connectivity index (χ2v) is 6.50. The normalized spacial score (nSPS) is 18.5. The number of amides is 1. The van der Waals surface area contributed by atoms with E-state index < -0.39 is 23.5 Å². The fourth-order valence-corrected chi connectivity index (χ4v) is 3.37. The lowest BCUT2D eigenvalue weighted by Gasteiger charge is -2.24. The number of carbonyl (C=O) groups is 2. The highest BCUT2D eigenvalue weighted by Gasteiger charge is 2.45. The van der Waals surface area contributed by atoms with Crippen LogP contribution in [-0.2, 0) is 9.59 Å². The first kappa shape index (κ1) is 19.6.